The highest BCUT2D eigenvalue weighted by Gasteiger charge is 2.21. The minimum Gasteiger partial charge on any atom is -0.345 e. The Bertz CT molecular complexity index is 895. The maximum absolute atomic E-state index is 12.5. The van der Waals surface area contributed by atoms with Crippen LogP contribution in [-0.4, -0.2) is 30.3 Å². The van der Waals surface area contributed by atoms with E-state index in [0.717, 1.165) is 29.7 Å². The Hall–Kier alpha value is -3.15. The van der Waals surface area contributed by atoms with Gasteiger partial charge in [0, 0.05) is 31.3 Å². The van der Waals surface area contributed by atoms with E-state index < -0.39 is 6.04 Å². The molecule has 0 aromatic heterocycles. The largest absolute Gasteiger partial charge is 0.345 e. The summed E-state index contributed by atoms with van der Waals surface area (Å²) in [6, 6.07) is 14.7. The van der Waals surface area contributed by atoms with E-state index in [0.29, 0.717) is 25.1 Å². The molecule has 0 bridgehead atoms. The molecule has 0 spiro atoms. The number of hydrogen-bond donors (Lipinski definition) is 2. The lowest BCUT2D eigenvalue weighted by Gasteiger charge is -2.29. The third kappa shape index (κ3) is 5.44. The van der Waals surface area contributed by atoms with Gasteiger partial charge in [-0.15, -0.1) is 0 Å². The highest BCUT2D eigenvalue weighted by molar-refractivity contribution is 5.98. The second kappa shape index (κ2) is 9.37. The average Bonchev–Trinajstić information content (AvgIpc) is 2.72. The summed E-state index contributed by atoms with van der Waals surface area (Å²) >= 11 is 0. The number of hydrogen-bond acceptors (Lipinski definition) is 3. The van der Waals surface area contributed by atoms with Gasteiger partial charge in [-0.2, -0.15) is 0 Å². The van der Waals surface area contributed by atoms with E-state index in [2.05, 4.69) is 10.6 Å². The summed E-state index contributed by atoms with van der Waals surface area (Å²) in [6.45, 7) is 3.90. The van der Waals surface area contributed by atoms with E-state index in [1.807, 2.05) is 48.5 Å². The van der Waals surface area contributed by atoms with Gasteiger partial charge in [0.2, 0.25) is 17.7 Å². The van der Waals surface area contributed by atoms with Gasteiger partial charge in [-0.3, -0.25) is 14.4 Å². The number of anilines is 2. The van der Waals surface area contributed by atoms with Crippen LogP contribution in [0.25, 0.3) is 0 Å². The average molecular weight is 393 g/mol. The summed E-state index contributed by atoms with van der Waals surface area (Å²) in [5, 5.41) is 5.58. The van der Waals surface area contributed by atoms with Crippen LogP contribution < -0.4 is 15.5 Å². The van der Waals surface area contributed by atoms with E-state index in [1.54, 1.807) is 18.7 Å². The van der Waals surface area contributed by atoms with Gasteiger partial charge in [0.1, 0.15) is 6.04 Å². The number of fused-ring (bicyclic) bond motifs is 1. The Balaban J connectivity index is 1.56. The molecule has 6 heteroatoms. The smallest absolute Gasteiger partial charge is 0.246 e. The zero-order valence-corrected chi connectivity index (χ0v) is 16.9. The summed E-state index contributed by atoms with van der Waals surface area (Å²) in [5.41, 5.74) is 3.66. The van der Waals surface area contributed by atoms with Gasteiger partial charge in [-0.05, 0) is 49.4 Å². The molecule has 3 amide bonds. The summed E-state index contributed by atoms with van der Waals surface area (Å²) in [4.78, 5) is 38.3. The van der Waals surface area contributed by atoms with E-state index in [4.69, 9.17) is 0 Å². The SMILES string of the molecule is CC(=O)N1CCCc2ccc(NC(=O)[C@@H](C)NC(=O)CCc3ccccc3)cc21. The van der Waals surface area contributed by atoms with Gasteiger partial charge < -0.3 is 15.5 Å². The minimum absolute atomic E-state index is 0.00604. The van der Waals surface area contributed by atoms with Crippen molar-refractivity contribution in [2.45, 2.75) is 45.6 Å². The molecule has 0 fully saturated rings. The maximum Gasteiger partial charge on any atom is 0.246 e. The summed E-state index contributed by atoms with van der Waals surface area (Å²) < 4.78 is 0. The Morgan fingerprint density at radius 1 is 1.10 bits per heavy atom. The lowest BCUT2D eigenvalue weighted by Crippen LogP contribution is -2.41. The second-order valence-corrected chi connectivity index (χ2v) is 7.38. The second-order valence-electron chi connectivity index (χ2n) is 7.38. The van der Waals surface area contributed by atoms with Crippen LogP contribution in [0.4, 0.5) is 11.4 Å². The van der Waals surface area contributed by atoms with Crippen LogP contribution in [-0.2, 0) is 27.2 Å². The highest BCUT2D eigenvalue weighted by Crippen LogP contribution is 2.30. The number of rotatable bonds is 6. The molecule has 0 unspecified atom stereocenters. The zero-order valence-electron chi connectivity index (χ0n) is 16.9. The predicted molar refractivity (Wildman–Crippen MR) is 114 cm³/mol. The number of amides is 3. The van der Waals surface area contributed by atoms with Crippen molar-refractivity contribution in [3.05, 3.63) is 59.7 Å². The van der Waals surface area contributed by atoms with Gasteiger partial charge in [0.05, 0.1) is 0 Å². The van der Waals surface area contributed by atoms with Crippen LogP contribution in [0.3, 0.4) is 0 Å². The van der Waals surface area contributed by atoms with Gasteiger partial charge in [-0.25, -0.2) is 0 Å². The van der Waals surface area contributed by atoms with Crippen LogP contribution in [0.5, 0.6) is 0 Å². The first-order valence-electron chi connectivity index (χ1n) is 9.99. The van der Waals surface area contributed by atoms with Crippen molar-refractivity contribution in [1.82, 2.24) is 5.32 Å². The van der Waals surface area contributed by atoms with Gasteiger partial charge in [-0.1, -0.05) is 36.4 Å². The fourth-order valence-electron chi connectivity index (χ4n) is 3.51. The standard InChI is InChI=1S/C23H27N3O3/c1-16(24-22(28)13-10-18-7-4-3-5-8-18)23(29)25-20-12-11-19-9-6-14-26(17(2)27)21(19)15-20/h3-5,7-8,11-12,15-16H,6,9-10,13-14H2,1-2H3,(H,24,28)(H,25,29)/t16-/m1/s1. The Morgan fingerprint density at radius 3 is 2.59 bits per heavy atom. The number of carbonyl (C=O) groups excluding carboxylic acids is 3. The third-order valence-corrected chi connectivity index (χ3v) is 5.11. The van der Waals surface area contributed by atoms with Crippen LogP contribution in [0.15, 0.2) is 48.5 Å². The molecule has 1 heterocycles. The lowest BCUT2D eigenvalue weighted by molar-refractivity contribution is -0.126. The Morgan fingerprint density at radius 2 is 1.86 bits per heavy atom. The Kier molecular flexibility index (Phi) is 6.65. The first-order chi connectivity index (χ1) is 13.9. The Labute approximate surface area is 171 Å². The number of aryl methyl sites for hydroxylation is 2. The molecule has 2 aromatic rings. The number of benzene rings is 2. The first-order valence-corrected chi connectivity index (χ1v) is 9.99. The normalized spacial score (nSPS) is 13.9. The predicted octanol–water partition coefficient (Wildman–Crippen LogP) is 3.06. The molecule has 2 N–H and O–H groups in total. The molecule has 0 saturated heterocycles. The van der Waals surface area contributed by atoms with Crippen molar-refractivity contribution in [3.63, 3.8) is 0 Å². The molecule has 1 aliphatic heterocycles. The monoisotopic (exact) mass is 393 g/mol. The van der Waals surface area contributed by atoms with Crippen LogP contribution in [0, 0.1) is 0 Å². The van der Waals surface area contributed by atoms with Gasteiger partial charge >= 0.3 is 0 Å². The fourth-order valence-corrected chi connectivity index (χ4v) is 3.51. The molecular weight excluding hydrogens is 366 g/mol. The zero-order chi connectivity index (χ0) is 20.8. The molecular formula is C23H27N3O3. The third-order valence-electron chi connectivity index (χ3n) is 5.11. The van der Waals surface area contributed by atoms with E-state index >= 15 is 0 Å². The van der Waals surface area contributed by atoms with Crippen molar-refractivity contribution in [3.8, 4) is 0 Å². The van der Waals surface area contributed by atoms with Crippen LogP contribution in [0.2, 0.25) is 0 Å². The quantitative estimate of drug-likeness (QED) is 0.792. The number of carbonyl (C=O) groups is 3. The summed E-state index contributed by atoms with van der Waals surface area (Å²) in [7, 11) is 0. The summed E-state index contributed by atoms with van der Waals surface area (Å²) in [6.07, 6.45) is 2.81. The minimum atomic E-state index is -0.654. The molecule has 29 heavy (non-hydrogen) atoms. The topological polar surface area (TPSA) is 78.5 Å². The lowest BCUT2D eigenvalue weighted by atomic mass is 10.0. The maximum atomic E-state index is 12.5. The van der Waals surface area contributed by atoms with Gasteiger partial charge in [0.25, 0.3) is 0 Å². The molecule has 3 rings (SSSR count). The fraction of sp³-hybridized carbons (Fsp3) is 0.348. The summed E-state index contributed by atoms with van der Waals surface area (Å²) in [5.74, 6) is -0.457. The van der Waals surface area contributed by atoms with Crippen molar-refractivity contribution < 1.29 is 14.4 Å². The highest BCUT2D eigenvalue weighted by atomic mass is 16.2. The molecule has 0 radical (unpaired) electrons. The van der Waals surface area contributed by atoms with Crippen LogP contribution in [0.1, 0.15) is 37.8 Å². The van der Waals surface area contributed by atoms with E-state index in [-0.39, 0.29) is 17.7 Å². The van der Waals surface area contributed by atoms with E-state index in [1.165, 1.54) is 0 Å². The first kappa shape index (κ1) is 20.6. The van der Waals surface area contributed by atoms with Crippen LogP contribution >= 0.6 is 0 Å². The molecule has 152 valence electrons. The van der Waals surface area contributed by atoms with Crippen molar-refractivity contribution >= 4 is 29.1 Å². The molecule has 1 aliphatic rings. The number of nitrogens with zero attached hydrogens (tertiary/aromatic N) is 1. The molecule has 0 aliphatic carbocycles. The molecule has 1 atom stereocenters. The molecule has 0 saturated carbocycles. The van der Waals surface area contributed by atoms with Gasteiger partial charge in [0.15, 0.2) is 0 Å². The van der Waals surface area contributed by atoms with E-state index in [9.17, 15) is 14.4 Å². The molecule has 2 aromatic carbocycles. The molecule has 6 nitrogen and oxygen atoms in total. The van der Waals surface area contributed by atoms with Crippen molar-refractivity contribution in [2.24, 2.45) is 0 Å². The number of nitrogens with one attached hydrogen (secondary N) is 2. The van der Waals surface area contributed by atoms with Crippen molar-refractivity contribution in [2.75, 3.05) is 16.8 Å². The van der Waals surface area contributed by atoms with Crippen molar-refractivity contribution in [1.29, 1.82) is 0 Å².